The first-order valence-electron chi connectivity index (χ1n) is 8.86. The summed E-state index contributed by atoms with van der Waals surface area (Å²) in [5, 5.41) is 6.46. The Morgan fingerprint density at radius 3 is 2.85 bits per heavy atom. The average molecular weight is 390 g/mol. The number of aryl methyl sites for hydroxylation is 1. The lowest BCUT2D eigenvalue weighted by molar-refractivity contribution is -0.117. The lowest BCUT2D eigenvalue weighted by Crippen LogP contribution is -2.30. The summed E-state index contributed by atoms with van der Waals surface area (Å²) in [5.41, 5.74) is 2.11. The molecule has 1 atom stereocenters. The molecule has 2 amide bonds. The van der Waals surface area contributed by atoms with Crippen LogP contribution in [-0.4, -0.2) is 23.3 Å². The molecule has 1 saturated carbocycles. The molecule has 2 heterocycles. The summed E-state index contributed by atoms with van der Waals surface area (Å²) >= 11 is 7.87. The van der Waals surface area contributed by atoms with E-state index in [0.717, 1.165) is 35.7 Å². The van der Waals surface area contributed by atoms with Gasteiger partial charge in [-0.05, 0) is 50.3 Å². The van der Waals surface area contributed by atoms with Crippen molar-refractivity contribution >= 4 is 40.4 Å². The molecule has 1 saturated heterocycles. The van der Waals surface area contributed by atoms with Crippen LogP contribution < -0.4 is 10.2 Å². The van der Waals surface area contributed by atoms with Crippen LogP contribution in [0.4, 0.5) is 5.69 Å². The van der Waals surface area contributed by atoms with Crippen molar-refractivity contribution in [3.05, 3.63) is 44.9 Å². The first-order chi connectivity index (χ1) is 12.5. The summed E-state index contributed by atoms with van der Waals surface area (Å²) in [6, 6.07) is 5.13. The van der Waals surface area contributed by atoms with Crippen molar-refractivity contribution in [2.75, 3.05) is 11.4 Å². The monoisotopic (exact) mass is 389 g/mol. The predicted octanol–water partition coefficient (Wildman–Crippen LogP) is 4.11. The van der Waals surface area contributed by atoms with Crippen LogP contribution in [0.3, 0.4) is 0 Å². The van der Waals surface area contributed by atoms with Crippen molar-refractivity contribution < 1.29 is 9.59 Å². The molecule has 1 aliphatic heterocycles. The van der Waals surface area contributed by atoms with E-state index in [-0.39, 0.29) is 17.9 Å². The number of hydrogen-bond acceptors (Lipinski definition) is 4. The number of anilines is 1. The van der Waals surface area contributed by atoms with Gasteiger partial charge in [-0.25, -0.2) is 4.98 Å². The first-order valence-corrected chi connectivity index (χ1v) is 10.1. The SMILES string of the molecule is Cc1csc(C(NC(=O)c2cc(N3CCCC3=O)ccc2Cl)C2CC2)n1. The molecular weight excluding hydrogens is 370 g/mol. The van der Waals surface area contributed by atoms with Crippen molar-refractivity contribution in [1.29, 1.82) is 0 Å². The third kappa shape index (κ3) is 3.48. The standard InChI is InChI=1S/C19H20ClN3O2S/c1-11-10-26-19(21-11)17(12-4-5-12)22-18(25)14-9-13(6-7-15(14)20)23-8-2-3-16(23)24/h6-7,9-10,12,17H,2-5,8H2,1H3,(H,22,25). The fourth-order valence-electron chi connectivity index (χ4n) is 3.32. The normalized spacial score (nSPS) is 18.2. The van der Waals surface area contributed by atoms with Crippen LogP contribution in [0.5, 0.6) is 0 Å². The van der Waals surface area contributed by atoms with Gasteiger partial charge in [-0.3, -0.25) is 9.59 Å². The molecule has 5 nitrogen and oxygen atoms in total. The molecule has 0 radical (unpaired) electrons. The van der Waals surface area contributed by atoms with E-state index in [9.17, 15) is 9.59 Å². The maximum atomic E-state index is 12.9. The van der Waals surface area contributed by atoms with E-state index in [0.29, 0.717) is 29.5 Å². The van der Waals surface area contributed by atoms with E-state index in [1.54, 1.807) is 34.4 Å². The number of carbonyl (C=O) groups excluding carboxylic acids is 2. The van der Waals surface area contributed by atoms with Gasteiger partial charge in [-0.2, -0.15) is 0 Å². The van der Waals surface area contributed by atoms with E-state index in [4.69, 9.17) is 11.6 Å². The largest absolute Gasteiger partial charge is 0.342 e. The van der Waals surface area contributed by atoms with Gasteiger partial charge in [-0.1, -0.05) is 11.6 Å². The van der Waals surface area contributed by atoms with Crippen molar-refractivity contribution in [1.82, 2.24) is 10.3 Å². The van der Waals surface area contributed by atoms with Gasteiger partial charge in [0.2, 0.25) is 5.91 Å². The number of carbonyl (C=O) groups is 2. The molecule has 0 bridgehead atoms. The van der Waals surface area contributed by atoms with Crippen molar-refractivity contribution in [2.24, 2.45) is 5.92 Å². The summed E-state index contributed by atoms with van der Waals surface area (Å²) in [6.07, 6.45) is 3.59. The minimum atomic E-state index is -0.215. The fraction of sp³-hybridized carbons (Fsp3) is 0.421. The van der Waals surface area contributed by atoms with Crippen LogP contribution >= 0.6 is 22.9 Å². The smallest absolute Gasteiger partial charge is 0.253 e. The Morgan fingerprint density at radius 2 is 2.23 bits per heavy atom. The van der Waals surface area contributed by atoms with Gasteiger partial charge in [0, 0.05) is 29.7 Å². The summed E-state index contributed by atoms with van der Waals surface area (Å²) < 4.78 is 0. The number of benzene rings is 1. The molecular formula is C19H20ClN3O2S. The molecule has 1 aromatic carbocycles. The highest BCUT2D eigenvalue weighted by Gasteiger charge is 2.35. The van der Waals surface area contributed by atoms with Gasteiger partial charge in [-0.15, -0.1) is 11.3 Å². The van der Waals surface area contributed by atoms with E-state index >= 15 is 0 Å². The van der Waals surface area contributed by atoms with Crippen LogP contribution in [-0.2, 0) is 4.79 Å². The number of halogens is 1. The second kappa shape index (κ2) is 7.00. The summed E-state index contributed by atoms with van der Waals surface area (Å²) in [6.45, 7) is 2.64. The van der Waals surface area contributed by atoms with Crippen molar-refractivity contribution in [3.63, 3.8) is 0 Å². The third-order valence-electron chi connectivity index (χ3n) is 4.86. The zero-order valence-electron chi connectivity index (χ0n) is 14.5. The van der Waals surface area contributed by atoms with Crippen LogP contribution in [0, 0.1) is 12.8 Å². The van der Waals surface area contributed by atoms with Gasteiger partial charge in [0.25, 0.3) is 5.91 Å². The van der Waals surface area contributed by atoms with Gasteiger partial charge >= 0.3 is 0 Å². The van der Waals surface area contributed by atoms with E-state index in [1.165, 1.54) is 0 Å². The number of nitrogens with one attached hydrogen (secondary N) is 1. The fourth-order valence-corrected chi connectivity index (χ4v) is 4.46. The van der Waals surface area contributed by atoms with Gasteiger partial charge in [0.15, 0.2) is 0 Å². The molecule has 1 N–H and O–H groups in total. The van der Waals surface area contributed by atoms with Crippen LogP contribution in [0.25, 0.3) is 0 Å². The highest BCUT2D eigenvalue weighted by atomic mass is 35.5. The molecule has 26 heavy (non-hydrogen) atoms. The molecule has 4 rings (SSSR count). The Balaban J connectivity index is 1.58. The second-order valence-electron chi connectivity index (χ2n) is 6.93. The molecule has 0 spiro atoms. The van der Waals surface area contributed by atoms with Crippen LogP contribution in [0.2, 0.25) is 5.02 Å². The van der Waals surface area contributed by atoms with E-state index in [1.807, 2.05) is 12.3 Å². The number of aromatic nitrogens is 1. The second-order valence-corrected chi connectivity index (χ2v) is 8.23. The lowest BCUT2D eigenvalue weighted by atomic mass is 10.1. The maximum absolute atomic E-state index is 12.9. The summed E-state index contributed by atoms with van der Waals surface area (Å²) in [7, 11) is 0. The van der Waals surface area contributed by atoms with Gasteiger partial charge in [0.1, 0.15) is 5.01 Å². The number of hydrogen-bond donors (Lipinski definition) is 1. The number of amides is 2. The molecule has 136 valence electrons. The van der Waals surface area contributed by atoms with E-state index < -0.39 is 0 Å². The van der Waals surface area contributed by atoms with Crippen LogP contribution in [0.1, 0.15) is 52.8 Å². The lowest BCUT2D eigenvalue weighted by Gasteiger charge is -2.19. The van der Waals surface area contributed by atoms with E-state index in [2.05, 4.69) is 10.3 Å². The molecule has 2 fully saturated rings. The summed E-state index contributed by atoms with van der Waals surface area (Å²) in [5.74, 6) is 0.313. The van der Waals surface area contributed by atoms with Gasteiger partial charge < -0.3 is 10.2 Å². The number of nitrogens with zero attached hydrogens (tertiary/aromatic N) is 2. The zero-order chi connectivity index (χ0) is 18.3. The summed E-state index contributed by atoms with van der Waals surface area (Å²) in [4.78, 5) is 31.2. The Kier molecular flexibility index (Phi) is 4.71. The molecule has 7 heteroatoms. The third-order valence-corrected chi connectivity index (χ3v) is 6.24. The highest BCUT2D eigenvalue weighted by molar-refractivity contribution is 7.09. The van der Waals surface area contributed by atoms with Crippen LogP contribution in [0.15, 0.2) is 23.6 Å². The quantitative estimate of drug-likeness (QED) is 0.836. The topological polar surface area (TPSA) is 62.3 Å². The minimum absolute atomic E-state index is 0.0747. The Labute approximate surface area is 161 Å². The minimum Gasteiger partial charge on any atom is -0.342 e. The predicted molar refractivity (Wildman–Crippen MR) is 103 cm³/mol. The highest BCUT2D eigenvalue weighted by Crippen LogP contribution is 2.42. The molecule has 1 aliphatic carbocycles. The van der Waals surface area contributed by atoms with Crippen molar-refractivity contribution in [2.45, 2.75) is 38.6 Å². The Morgan fingerprint density at radius 1 is 1.42 bits per heavy atom. The molecule has 1 aromatic heterocycles. The first kappa shape index (κ1) is 17.5. The maximum Gasteiger partial charge on any atom is 0.253 e. The Bertz CT molecular complexity index is 862. The van der Waals surface area contributed by atoms with Crippen molar-refractivity contribution in [3.8, 4) is 0 Å². The molecule has 2 aromatic rings. The average Bonchev–Trinajstić information content (AvgIpc) is 3.23. The Hall–Kier alpha value is -1.92. The molecule has 1 unspecified atom stereocenters. The number of thiazole rings is 1. The zero-order valence-corrected chi connectivity index (χ0v) is 16.1. The molecule has 2 aliphatic rings. The number of rotatable bonds is 5. The van der Waals surface area contributed by atoms with Gasteiger partial charge in [0.05, 0.1) is 16.6 Å².